The summed E-state index contributed by atoms with van der Waals surface area (Å²) < 4.78 is 0. The molecule has 0 bridgehead atoms. The van der Waals surface area contributed by atoms with Gasteiger partial charge in [0.2, 0.25) is 0 Å². The van der Waals surface area contributed by atoms with Crippen LogP contribution in [-0.2, 0) is 0 Å². The zero-order chi connectivity index (χ0) is 18.0. The zero-order valence-corrected chi connectivity index (χ0v) is 14.6. The van der Waals surface area contributed by atoms with Crippen LogP contribution in [0.25, 0.3) is 11.1 Å². The molecule has 0 saturated carbocycles. The average molecular weight is 337 g/mol. The Balaban J connectivity index is 2.00. The van der Waals surface area contributed by atoms with E-state index in [9.17, 15) is 14.7 Å². The van der Waals surface area contributed by atoms with Gasteiger partial charge in [0.15, 0.2) is 0 Å². The number of carbonyl (C=O) groups excluding carboxylic acids is 1. The molecule has 1 N–H and O–H groups in total. The minimum Gasteiger partial charge on any atom is -0.478 e. The highest BCUT2D eigenvalue weighted by Gasteiger charge is 2.28. The number of benzene rings is 2. The summed E-state index contributed by atoms with van der Waals surface area (Å²) in [4.78, 5) is 26.6. The number of amides is 1. The highest BCUT2D eigenvalue weighted by Crippen LogP contribution is 2.30. The smallest absolute Gasteiger partial charge is 0.336 e. The van der Waals surface area contributed by atoms with Gasteiger partial charge in [-0.15, -0.1) is 0 Å². The van der Waals surface area contributed by atoms with Crippen LogP contribution in [0.4, 0.5) is 0 Å². The van der Waals surface area contributed by atoms with Crippen LogP contribution in [0.1, 0.15) is 41.0 Å². The van der Waals surface area contributed by atoms with Crippen LogP contribution in [0, 0.1) is 11.8 Å². The van der Waals surface area contributed by atoms with Crippen molar-refractivity contribution >= 4 is 11.9 Å². The van der Waals surface area contributed by atoms with Crippen molar-refractivity contribution in [2.24, 2.45) is 11.8 Å². The van der Waals surface area contributed by atoms with Crippen LogP contribution < -0.4 is 0 Å². The highest BCUT2D eigenvalue weighted by molar-refractivity contribution is 6.04. The van der Waals surface area contributed by atoms with E-state index in [1.807, 2.05) is 23.1 Å². The molecule has 2 aromatic carbocycles. The SMILES string of the molecule is CC1CCN(C(=O)c2ccccc2-c2ccccc2C(=O)O)CC1C. The summed E-state index contributed by atoms with van der Waals surface area (Å²) in [7, 11) is 0. The zero-order valence-electron chi connectivity index (χ0n) is 14.6. The Labute approximate surface area is 148 Å². The van der Waals surface area contributed by atoms with E-state index >= 15 is 0 Å². The van der Waals surface area contributed by atoms with E-state index in [4.69, 9.17) is 0 Å². The first-order chi connectivity index (χ1) is 12.0. The van der Waals surface area contributed by atoms with Gasteiger partial charge in [0.05, 0.1) is 5.56 Å². The number of aromatic carboxylic acids is 1. The van der Waals surface area contributed by atoms with Crippen LogP contribution in [0.2, 0.25) is 0 Å². The molecule has 130 valence electrons. The molecule has 0 spiro atoms. The van der Waals surface area contributed by atoms with Gasteiger partial charge in [-0.2, -0.15) is 0 Å². The van der Waals surface area contributed by atoms with Gasteiger partial charge in [0.25, 0.3) is 5.91 Å². The first kappa shape index (κ1) is 17.2. The molecule has 0 aromatic heterocycles. The third-order valence-electron chi connectivity index (χ3n) is 5.23. The molecular formula is C21H23NO3. The summed E-state index contributed by atoms with van der Waals surface area (Å²) in [6.45, 7) is 5.90. The lowest BCUT2D eigenvalue weighted by atomic mass is 9.88. The number of piperidine rings is 1. The second-order valence-corrected chi connectivity index (χ2v) is 6.89. The maximum atomic E-state index is 13.1. The van der Waals surface area contributed by atoms with Crippen molar-refractivity contribution in [2.45, 2.75) is 20.3 Å². The molecule has 4 heteroatoms. The van der Waals surface area contributed by atoms with E-state index in [0.29, 0.717) is 28.5 Å². The molecule has 1 amide bonds. The Morgan fingerprint density at radius 3 is 2.08 bits per heavy atom. The van der Waals surface area contributed by atoms with Gasteiger partial charge in [0, 0.05) is 18.7 Å². The van der Waals surface area contributed by atoms with Crippen molar-refractivity contribution < 1.29 is 14.7 Å². The van der Waals surface area contributed by atoms with Gasteiger partial charge in [-0.3, -0.25) is 4.79 Å². The monoisotopic (exact) mass is 337 g/mol. The molecule has 2 unspecified atom stereocenters. The predicted octanol–water partition coefficient (Wildman–Crippen LogP) is 4.17. The van der Waals surface area contributed by atoms with Crippen LogP contribution >= 0.6 is 0 Å². The third-order valence-corrected chi connectivity index (χ3v) is 5.23. The summed E-state index contributed by atoms with van der Waals surface area (Å²) in [5.74, 6) is 0.0796. The molecule has 1 aliphatic heterocycles. The van der Waals surface area contributed by atoms with Gasteiger partial charge in [-0.1, -0.05) is 50.2 Å². The molecule has 0 radical (unpaired) electrons. The maximum Gasteiger partial charge on any atom is 0.336 e. The largest absolute Gasteiger partial charge is 0.478 e. The highest BCUT2D eigenvalue weighted by atomic mass is 16.4. The molecule has 1 fully saturated rings. The van der Waals surface area contributed by atoms with E-state index in [-0.39, 0.29) is 11.5 Å². The number of nitrogens with zero attached hydrogens (tertiary/aromatic N) is 1. The van der Waals surface area contributed by atoms with Crippen molar-refractivity contribution in [1.82, 2.24) is 4.90 Å². The van der Waals surface area contributed by atoms with Gasteiger partial charge in [-0.25, -0.2) is 4.79 Å². The molecule has 2 atom stereocenters. The van der Waals surface area contributed by atoms with Crippen molar-refractivity contribution in [3.05, 3.63) is 59.7 Å². The summed E-state index contributed by atoms with van der Waals surface area (Å²) in [6.07, 6.45) is 1.00. The lowest BCUT2D eigenvalue weighted by Crippen LogP contribution is -2.42. The van der Waals surface area contributed by atoms with E-state index < -0.39 is 5.97 Å². The molecule has 25 heavy (non-hydrogen) atoms. The second-order valence-electron chi connectivity index (χ2n) is 6.89. The number of rotatable bonds is 3. The van der Waals surface area contributed by atoms with Crippen molar-refractivity contribution in [3.8, 4) is 11.1 Å². The summed E-state index contributed by atoms with van der Waals surface area (Å²) in [6, 6.07) is 14.1. The van der Waals surface area contributed by atoms with Gasteiger partial charge in [-0.05, 0) is 41.5 Å². The summed E-state index contributed by atoms with van der Waals surface area (Å²) >= 11 is 0. The lowest BCUT2D eigenvalue weighted by Gasteiger charge is -2.35. The Morgan fingerprint density at radius 2 is 1.48 bits per heavy atom. The minimum absolute atomic E-state index is 0.0189. The minimum atomic E-state index is -0.988. The van der Waals surface area contributed by atoms with Crippen LogP contribution in [0.5, 0.6) is 0 Å². The second kappa shape index (κ2) is 7.09. The third kappa shape index (κ3) is 3.43. The van der Waals surface area contributed by atoms with Crippen molar-refractivity contribution in [1.29, 1.82) is 0 Å². The summed E-state index contributed by atoms with van der Waals surface area (Å²) in [5, 5.41) is 9.47. The Kier molecular flexibility index (Phi) is 4.88. The number of carboxylic acids is 1. The van der Waals surface area contributed by atoms with Crippen molar-refractivity contribution in [3.63, 3.8) is 0 Å². The molecule has 2 aromatic rings. The fourth-order valence-electron chi connectivity index (χ4n) is 3.43. The molecule has 3 rings (SSSR count). The normalized spacial score (nSPS) is 20.3. The number of likely N-dealkylation sites (tertiary alicyclic amines) is 1. The first-order valence-corrected chi connectivity index (χ1v) is 8.70. The van der Waals surface area contributed by atoms with E-state index in [2.05, 4.69) is 13.8 Å². The lowest BCUT2D eigenvalue weighted by molar-refractivity contribution is 0.0626. The molecular weight excluding hydrogens is 314 g/mol. The fraction of sp³-hybridized carbons (Fsp3) is 0.333. The van der Waals surface area contributed by atoms with Crippen molar-refractivity contribution in [2.75, 3.05) is 13.1 Å². The number of hydrogen-bond acceptors (Lipinski definition) is 2. The van der Waals surface area contributed by atoms with Crippen LogP contribution in [-0.4, -0.2) is 35.0 Å². The molecule has 1 saturated heterocycles. The molecule has 0 aliphatic carbocycles. The van der Waals surface area contributed by atoms with E-state index in [1.54, 1.807) is 30.3 Å². The Morgan fingerprint density at radius 1 is 0.920 bits per heavy atom. The van der Waals surface area contributed by atoms with Gasteiger partial charge < -0.3 is 10.0 Å². The topological polar surface area (TPSA) is 57.6 Å². The fourth-order valence-corrected chi connectivity index (χ4v) is 3.43. The Hall–Kier alpha value is -2.62. The van der Waals surface area contributed by atoms with Gasteiger partial charge in [0.1, 0.15) is 0 Å². The van der Waals surface area contributed by atoms with E-state index in [0.717, 1.165) is 19.5 Å². The standard InChI is InChI=1S/C21H23NO3/c1-14-11-12-22(13-15(14)2)20(23)18-9-5-3-7-16(18)17-8-4-6-10-19(17)21(24)25/h3-10,14-15H,11-13H2,1-2H3,(H,24,25). The van der Waals surface area contributed by atoms with Gasteiger partial charge >= 0.3 is 5.97 Å². The van der Waals surface area contributed by atoms with E-state index in [1.165, 1.54) is 0 Å². The number of hydrogen-bond donors (Lipinski definition) is 1. The quantitative estimate of drug-likeness (QED) is 0.914. The Bertz CT molecular complexity index is 799. The first-order valence-electron chi connectivity index (χ1n) is 8.70. The van der Waals surface area contributed by atoms with Crippen LogP contribution in [0.15, 0.2) is 48.5 Å². The summed E-state index contributed by atoms with van der Waals surface area (Å²) in [5.41, 5.74) is 2.04. The molecule has 1 aliphatic rings. The number of carbonyl (C=O) groups is 2. The predicted molar refractivity (Wildman–Crippen MR) is 97.7 cm³/mol. The molecule has 4 nitrogen and oxygen atoms in total. The maximum absolute atomic E-state index is 13.1. The molecule has 1 heterocycles. The number of carboxylic acid groups (broad SMARTS) is 1. The van der Waals surface area contributed by atoms with Crippen LogP contribution in [0.3, 0.4) is 0 Å². The average Bonchev–Trinajstić information content (AvgIpc) is 2.63.